The Morgan fingerprint density at radius 1 is 1.13 bits per heavy atom. The van der Waals surface area contributed by atoms with Crippen molar-refractivity contribution in [1.82, 2.24) is 10.6 Å². The predicted molar refractivity (Wildman–Crippen MR) is 116 cm³/mol. The van der Waals surface area contributed by atoms with Gasteiger partial charge >= 0.3 is 0 Å². The molecule has 1 aliphatic carbocycles. The number of benzene rings is 1. The van der Waals surface area contributed by atoms with Crippen LogP contribution in [-0.4, -0.2) is 31.1 Å². The van der Waals surface area contributed by atoms with Crippen molar-refractivity contribution in [3.05, 3.63) is 34.9 Å². The molecule has 174 valence electrons. The van der Waals surface area contributed by atoms with Crippen LogP contribution in [0, 0.1) is 11.6 Å². The Balaban J connectivity index is 1.84. The smallest absolute Gasteiger partial charge is 0.294 e. The van der Waals surface area contributed by atoms with Gasteiger partial charge in [-0.15, -0.1) is 0 Å². The fourth-order valence-corrected chi connectivity index (χ4v) is 4.36. The second kappa shape index (κ2) is 12.7. The van der Waals surface area contributed by atoms with Crippen LogP contribution in [0.3, 0.4) is 0 Å². The van der Waals surface area contributed by atoms with Gasteiger partial charge in [0, 0.05) is 31.6 Å². The molecule has 2 atom stereocenters. The number of hydrogen-bond acceptors (Lipinski definition) is 4. The van der Waals surface area contributed by atoms with Gasteiger partial charge in [-0.05, 0) is 31.2 Å². The Morgan fingerprint density at radius 3 is 2.45 bits per heavy atom. The first-order valence-electron chi connectivity index (χ1n) is 11.5. The van der Waals surface area contributed by atoms with Gasteiger partial charge in [-0.1, -0.05) is 57.6 Å². The van der Waals surface area contributed by atoms with Crippen molar-refractivity contribution in [3.63, 3.8) is 0 Å². The molecule has 7 heteroatoms. The van der Waals surface area contributed by atoms with E-state index in [0.29, 0.717) is 31.2 Å². The fraction of sp³-hybridized carbons (Fsp3) is 0.667. The van der Waals surface area contributed by atoms with E-state index in [4.69, 9.17) is 4.74 Å². The predicted octanol–water partition coefficient (Wildman–Crippen LogP) is 4.56. The number of carbonyl (C=O) groups is 2. The Bertz CT molecular complexity index is 729. The third kappa shape index (κ3) is 6.99. The zero-order valence-electron chi connectivity index (χ0n) is 18.8. The fourth-order valence-electron chi connectivity index (χ4n) is 4.36. The van der Waals surface area contributed by atoms with E-state index in [1.807, 2.05) is 0 Å². The van der Waals surface area contributed by atoms with Crippen LogP contribution in [0.25, 0.3) is 0 Å². The number of likely N-dealkylation sites (N-methyl/N-ethyl adjacent to an activating group) is 1. The summed E-state index contributed by atoms with van der Waals surface area (Å²) < 4.78 is 34.1. The lowest BCUT2D eigenvalue weighted by atomic mass is 10.0. The molecule has 1 aromatic carbocycles. The van der Waals surface area contributed by atoms with Crippen molar-refractivity contribution in [1.29, 1.82) is 0 Å². The zero-order chi connectivity index (χ0) is 22.7. The summed E-state index contributed by atoms with van der Waals surface area (Å²) in [6.45, 7) is 2.62. The minimum atomic E-state index is -1.20. The molecule has 0 saturated heterocycles. The maximum absolute atomic E-state index is 14.6. The van der Waals surface area contributed by atoms with E-state index < -0.39 is 17.2 Å². The summed E-state index contributed by atoms with van der Waals surface area (Å²) >= 11 is 0. The van der Waals surface area contributed by atoms with Crippen molar-refractivity contribution in [3.8, 4) is 0 Å². The van der Waals surface area contributed by atoms with E-state index in [1.165, 1.54) is 32.7 Å². The first-order valence-corrected chi connectivity index (χ1v) is 11.5. The molecule has 5 nitrogen and oxygen atoms in total. The topological polar surface area (TPSA) is 67.4 Å². The SMILES string of the molecule is CCCCCCCCCc1ccc(CNC2CCC(OC=O)(C(=O)NC)C2)c(F)c1F. The second-order valence-corrected chi connectivity index (χ2v) is 8.49. The number of nitrogens with one attached hydrogen (secondary N) is 2. The average Bonchev–Trinajstić information content (AvgIpc) is 3.19. The molecule has 0 bridgehead atoms. The summed E-state index contributed by atoms with van der Waals surface area (Å²) in [6.07, 6.45) is 9.78. The van der Waals surface area contributed by atoms with Crippen LogP contribution in [0.2, 0.25) is 0 Å². The monoisotopic (exact) mass is 438 g/mol. The standard InChI is InChI=1S/C24H36F2N2O3/c1-3-4-5-6-7-8-9-10-18-11-12-19(22(26)21(18)25)16-28-20-13-14-24(15-20,31-17-29)23(30)27-2/h11-12,17,20,28H,3-10,13-16H2,1-2H3,(H,27,30). The quantitative estimate of drug-likeness (QED) is 0.330. The molecule has 1 aromatic rings. The zero-order valence-corrected chi connectivity index (χ0v) is 18.8. The molecule has 1 fully saturated rings. The highest BCUT2D eigenvalue weighted by atomic mass is 19.2. The summed E-state index contributed by atoms with van der Waals surface area (Å²) in [7, 11) is 1.49. The van der Waals surface area contributed by atoms with Crippen LogP contribution >= 0.6 is 0 Å². The van der Waals surface area contributed by atoms with Crippen LogP contribution in [0.4, 0.5) is 8.78 Å². The first-order chi connectivity index (χ1) is 15.0. The molecule has 1 aliphatic rings. The molecule has 0 spiro atoms. The van der Waals surface area contributed by atoms with Gasteiger partial charge in [0.1, 0.15) is 0 Å². The summed E-state index contributed by atoms with van der Waals surface area (Å²) in [5.41, 5.74) is -0.513. The number of unbranched alkanes of at least 4 members (excludes halogenated alkanes) is 6. The lowest BCUT2D eigenvalue weighted by molar-refractivity contribution is -0.157. The van der Waals surface area contributed by atoms with Gasteiger partial charge in [0.15, 0.2) is 17.2 Å². The van der Waals surface area contributed by atoms with Gasteiger partial charge in [0.2, 0.25) is 0 Å². The molecule has 1 saturated carbocycles. The summed E-state index contributed by atoms with van der Waals surface area (Å²) in [5.74, 6) is -1.93. The molecule has 2 N–H and O–H groups in total. The molecule has 2 rings (SSSR count). The Hall–Kier alpha value is -2.02. The highest BCUT2D eigenvalue weighted by molar-refractivity contribution is 5.86. The third-order valence-electron chi connectivity index (χ3n) is 6.26. The summed E-state index contributed by atoms with van der Waals surface area (Å²) in [4.78, 5) is 22.9. The van der Waals surface area contributed by atoms with Gasteiger partial charge in [0.05, 0.1) is 0 Å². The maximum atomic E-state index is 14.6. The number of amides is 1. The van der Waals surface area contributed by atoms with E-state index >= 15 is 0 Å². The highest BCUT2D eigenvalue weighted by Gasteiger charge is 2.47. The molecular formula is C24H36F2N2O3. The van der Waals surface area contributed by atoms with Gasteiger partial charge in [-0.25, -0.2) is 8.78 Å². The molecule has 2 unspecified atom stereocenters. The van der Waals surface area contributed by atoms with E-state index in [1.54, 1.807) is 12.1 Å². The molecule has 0 aromatic heterocycles. The number of aryl methyl sites for hydroxylation is 1. The normalized spacial score (nSPS) is 20.6. The van der Waals surface area contributed by atoms with E-state index in [2.05, 4.69) is 17.6 Å². The van der Waals surface area contributed by atoms with E-state index in [0.717, 1.165) is 19.3 Å². The minimum Gasteiger partial charge on any atom is -0.451 e. The maximum Gasteiger partial charge on any atom is 0.294 e. The van der Waals surface area contributed by atoms with Gasteiger partial charge in [0.25, 0.3) is 12.4 Å². The number of halogens is 2. The second-order valence-electron chi connectivity index (χ2n) is 8.49. The Labute approximate surface area is 184 Å². The van der Waals surface area contributed by atoms with Crippen LogP contribution in [0.5, 0.6) is 0 Å². The van der Waals surface area contributed by atoms with Crippen LogP contribution in [0.1, 0.15) is 82.3 Å². The van der Waals surface area contributed by atoms with Crippen molar-refractivity contribution in [2.75, 3.05) is 7.05 Å². The van der Waals surface area contributed by atoms with E-state index in [9.17, 15) is 18.4 Å². The third-order valence-corrected chi connectivity index (χ3v) is 6.26. The van der Waals surface area contributed by atoms with Crippen LogP contribution in [0.15, 0.2) is 12.1 Å². The Kier molecular flexibility index (Phi) is 10.4. The summed E-state index contributed by atoms with van der Waals surface area (Å²) in [6, 6.07) is 3.17. The summed E-state index contributed by atoms with van der Waals surface area (Å²) in [5, 5.41) is 5.69. The minimum absolute atomic E-state index is 0.132. The number of carbonyl (C=O) groups excluding carboxylic acids is 2. The average molecular weight is 439 g/mol. The largest absolute Gasteiger partial charge is 0.451 e. The lowest BCUT2D eigenvalue weighted by Gasteiger charge is -2.25. The lowest BCUT2D eigenvalue weighted by Crippen LogP contribution is -2.46. The highest BCUT2D eigenvalue weighted by Crippen LogP contribution is 2.33. The van der Waals surface area contributed by atoms with Gasteiger partial charge in [-0.2, -0.15) is 0 Å². The molecule has 0 aliphatic heterocycles. The van der Waals surface area contributed by atoms with Gasteiger partial charge in [-0.3, -0.25) is 9.59 Å². The van der Waals surface area contributed by atoms with Crippen LogP contribution in [-0.2, 0) is 27.3 Å². The molecule has 31 heavy (non-hydrogen) atoms. The van der Waals surface area contributed by atoms with Crippen LogP contribution < -0.4 is 10.6 Å². The van der Waals surface area contributed by atoms with Crippen molar-refractivity contribution in [2.45, 2.75) is 95.7 Å². The Morgan fingerprint density at radius 2 is 1.77 bits per heavy atom. The van der Waals surface area contributed by atoms with Crippen molar-refractivity contribution >= 4 is 12.4 Å². The van der Waals surface area contributed by atoms with Crippen molar-refractivity contribution < 1.29 is 23.1 Å². The first kappa shape index (κ1) is 25.2. The molecular weight excluding hydrogens is 402 g/mol. The molecule has 0 radical (unpaired) electrons. The van der Waals surface area contributed by atoms with Crippen molar-refractivity contribution in [2.24, 2.45) is 0 Å². The van der Waals surface area contributed by atoms with E-state index in [-0.39, 0.29) is 30.5 Å². The molecule has 1 amide bonds. The number of rotatable bonds is 14. The molecule has 0 heterocycles. The van der Waals surface area contributed by atoms with Gasteiger partial charge < -0.3 is 15.4 Å². The number of ether oxygens (including phenoxy) is 1. The number of hydrogen-bond donors (Lipinski definition) is 2.